The number of hydrogen-bond donors (Lipinski definition) is 1. The number of rotatable bonds is 6. The van der Waals surface area contributed by atoms with Gasteiger partial charge in [-0.05, 0) is 31.9 Å². The van der Waals surface area contributed by atoms with Crippen LogP contribution in [0.4, 0.5) is 5.69 Å². The number of aryl methyl sites for hydroxylation is 1. The number of nitrogens with one attached hydrogen (secondary N) is 1. The van der Waals surface area contributed by atoms with Crippen LogP contribution in [0.1, 0.15) is 41.6 Å². The Bertz CT molecular complexity index is 831. The van der Waals surface area contributed by atoms with Crippen molar-refractivity contribution in [3.63, 3.8) is 0 Å². The molecule has 0 aromatic heterocycles. The highest BCUT2D eigenvalue weighted by Gasteiger charge is 2.28. The maximum Gasteiger partial charge on any atom is 0.229 e. The van der Waals surface area contributed by atoms with Gasteiger partial charge in [-0.25, -0.2) is 0 Å². The first-order chi connectivity index (χ1) is 13.5. The molecule has 1 unspecified atom stereocenters. The van der Waals surface area contributed by atoms with Gasteiger partial charge in [-0.3, -0.25) is 14.4 Å². The molecule has 0 saturated carbocycles. The van der Waals surface area contributed by atoms with E-state index in [-0.39, 0.29) is 36.4 Å². The van der Waals surface area contributed by atoms with Gasteiger partial charge in [0.1, 0.15) is 0 Å². The van der Waals surface area contributed by atoms with Gasteiger partial charge in [0.05, 0.1) is 5.92 Å². The summed E-state index contributed by atoms with van der Waals surface area (Å²) in [7, 11) is 0. The number of hydrogen-bond acceptors (Lipinski definition) is 3. The minimum absolute atomic E-state index is 0.0243. The van der Waals surface area contributed by atoms with Gasteiger partial charge in [0.2, 0.25) is 11.8 Å². The van der Waals surface area contributed by atoms with Crippen LogP contribution in [0, 0.1) is 12.8 Å². The van der Waals surface area contributed by atoms with Gasteiger partial charge in [0, 0.05) is 37.2 Å². The van der Waals surface area contributed by atoms with Crippen LogP contribution in [0.5, 0.6) is 0 Å². The fourth-order valence-electron chi connectivity index (χ4n) is 3.45. The van der Waals surface area contributed by atoms with Crippen molar-refractivity contribution in [1.82, 2.24) is 4.90 Å². The number of likely N-dealkylation sites (tertiary alicyclic amines) is 1. The topological polar surface area (TPSA) is 66.5 Å². The lowest BCUT2D eigenvalue weighted by Crippen LogP contribution is -2.43. The zero-order chi connectivity index (χ0) is 19.9. The summed E-state index contributed by atoms with van der Waals surface area (Å²) in [5, 5.41) is 2.92. The van der Waals surface area contributed by atoms with Crippen LogP contribution >= 0.6 is 0 Å². The third-order valence-corrected chi connectivity index (χ3v) is 5.13. The number of anilines is 1. The summed E-state index contributed by atoms with van der Waals surface area (Å²) in [5.41, 5.74) is 2.50. The van der Waals surface area contributed by atoms with Crippen molar-refractivity contribution < 1.29 is 14.4 Å². The molecule has 1 aliphatic rings. The van der Waals surface area contributed by atoms with E-state index in [0.717, 1.165) is 24.1 Å². The van der Waals surface area contributed by atoms with Gasteiger partial charge < -0.3 is 10.2 Å². The summed E-state index contributed by atoms with van der Waals surface area (Å²) >= 11 is 0. The molecule has 1 heterocycles. The summed E-state index contributed by atoms with van der Waals surface area (Å²) in [5.74, 6) is -0.355. The maximum atomic E-state index is 12.6. The van der Waals surface area contributed by atoms with E-state index in [4.69, 9.17) is 0 Å². The molecule has 146 valence electrons. The van der Waals surface area contributed by atoms with Crippen LogP contribution in [-0.4, -0.2) is 35.6 Å². The molecule has 1 fully saturated rings. The van der Waals surface area contributed by atoms with Crippen molar-refractivity contribution in [2.75, 3.05) is 18.4 Å². The summed E-state index contributed by atoms with van der Waals surface area (Å²) in [6, 6.07) is 16.7. The first-order valence-electron chi connectivity index (χ1n) is 9.76. The van der Waals surface area contributed by atoms with Gasteiger partial charge in [-0.15, -0.1) is 0 Å². The van der Waals surface area contributed by atoms with Crippen molar-refractivity contribution in [2.45, 2.75) is 32.6 Å². The lowest BCUT2D eigenvalue weighted by atomic mass is 9.96. The van der Waals surface area contributed by atoms with Crippen molar-refractivity contribution in [3.05, 3.63) is 65.7 Å². The molecule has 1 aliphatic heterocycles. The molecule has 1 atom stereocenters. The fraction of sp³-hybridized carbons (Fsp3) is 0.348. The molecule has 0 bridgehead atoms. The molecule has 3 rings (SSSR count). The monoisotopic (exact) mass is 378 g/mol. The van der Waals surface area contributed by atoms with Crippen LogP contribution in [-0.2, 0) is 9.59 Å². The summed E-state index contributed by atoms with van der Waals surface area (Å²) < 4.78 is 0. The minimum atomic E-state index is -0.217. The Hall–Kier alpha value is -2.95. The average molecular weight is 378 g/mol. The van der Waals surface area contributed by atoms with Gasteiger partial charge >= 0.3 is 0 Å². The number of Topliss-reactive ketones (excluding diaryl/α,β-unsaturated/α-hetero) is 1. The van der Waals surface area contributed by atoms with E-state index in [0.29, 0.717) is 18.7 Å². The van der Waals surface area contributed by atoms with Gasteiger partial charge in [0.25, 0.3) is 0 Å². The molecule has 1 N–H and O–H groups in total. The Morgan fingerprint density at radius 3 is 2.43 bits per heavy atom. The summed E-state index contributed by atoms with van der Waals surface area (Å²) in [6.07, 6.45) is 1.94. The summed E-state index contributed by atoms with van der Waals surface area (Å²) in [6.45, 7) is 3.03. The third-order valence-electron chi connectivity index (χ3n) is 5.13. The molecule has 2 aromatic rings. The SMILES string of the molecule is Cc1ccc(C(=O)CCC(=O)N2CCCC(C(=O)Nc3ccccc3)C2)cc1. The number of carbonyl (C=O) groups excluding carboxylic acids is 3. The number of carbonyl (C=O) groups is 3. The number of para-hydroxylation sites is 1. The van der Waals surface area contributed by atoms with Gasteiger partial charge in [-0.1, -0.05) is 48.0 Å². The van der Waals surface area contributed by atoms with Crippen LogP contribution in [0.2, 0.25) is 0 Å². The third kappa shape index (κ3) is 5.28. The Morgan fingerprint density at radius 2 is 1.71 bits per heavy atom. The Balaban J connectivity index is 1.50. The Kier molecular flexibility index (Phi) is 6.58. The molecule has 5 heteroatoms. The highest BCUT2D eigenvalue weighted by Crippen LogP contribution is 2.20. The van der Waals surface area contributed by atoms with E-state index in [9.17, 15) is 14.4 Å². The van der Waals surface area contributed by atoms with Crippen molar-refractivity contribution >= 4 is 23.3 Å². The number of piperidine rings is 1. The van der Waals surface area contributed by atoms with E-state index >= 15 is 0 Å². The van der Waals surface area contributed by atoms with Gasteiger partial charge in [0.15, 0.2) is 5.78 Å². The van der Waals surface area contributed by atoms with Crippen LogP contribution < -0.4 is 5.32 Å². The highest BCUT2D eigenvalue weighted by molar-refractivity contribution is 5.98. The van der Waals surface area contributed by atoms with Gasteiger partial charge in [-0.2, -0.15) is 0 Å². The summed E-state index contributed by atoms with van der Waals surface area (Å²) in [4.78, 5) is 39.1. The lowest BCUT2D eigenvalue weighted by Gasteiger charge is -2.32. The molecule has 0 radical (unpaired) electrons. The molecular formula is C23H26N2O3. The smallest absolute Gasteiger partial charge is 0.229 e. The zero-order valence-electron chi connectivity index (χ0n) is 16.2. The number of nitrogens with zero attached hydrogens (tertiary/aromatic N) is 1. The van der Waals surface area contributed by atoms with Crippen molar-refractivity contribution in [1.29, 1.82) is 0 Å². The van der Waals surface area contributed by atoms with Crippen LogP contribution in [0.3, 0.4) is 0 Å². The Morgan fingerprint density at radius 1 is 1.00 bits per heavy atom. The molecule has 5 nitrogen and oxygen atoms in total. The van der Waals surface area contributed by atoms with E-state index in [1.54, 1.807) is 17.0 Å². The van der Waals surface area contributed by atoms with Crippen LogP contribution in [0.25, 0.3) is 0 Å². The molecule has 2 amide bonds. The minimum Gasteiger partial charge on any atom is -0.342 e. The average Bonchev–Trinajstić information content (AvgIpc) is 2.73. The first-order valence-corrected chi connectivity index (χ1v) is 9.76. The molecule has 0 spiro atoms. The predicted octanol–water partition coefficient (Wildman–Crippen LogP) is 3.84. The second kappa shape index (κ2) is 9.31. The number of benzene rings is 2. The molecule has 2 aromatic carbocycles. The molecule has 28 heavy (non-hydrogen) atoms. The van der Waals surface area contributed by atoms with Crippen molar-refractivity contribution in [3.8, 4) is 0 Å². The molecule has 1 saturated heterocycles. The lowest BCUT2D eigenvalue weighted by molar-refractivity contribution is -0.134. The number of ketones is 1. The largest absolute Gasteiger partial charge is 0.342 e. The maximum absolute atomic E-state index is 12.6. The molecule has 0 aliphatic carbocycles. The van der Waals surface area contributed by atoms with E-state index < -0.39 is 0 Å². The first kappa shape index (κ1) is 19.8. The van der Waals surface area contributed by atoms with E-state index in [1.807, 2.05) is 49.4 Å². The van der Waals surface area contributed by atoms with Crippen LogP contribution in [0.15, 0.2) is 54.6 Å². The number of amides is 2. The standard InChI is InChI=1S/C23H26N2O3/c1-17-9-11-18(12-10-17)21(26)13-14-22(27)25-15-5-6-19(16-25)23(28)24-20-7-3-2-4-8-20/h2-4,7-12,19H,5-6,13-16H2,1H3,(H,24,28). The highest BCUT2D eigenvalue weighted by atomic mass is 16.2. The Labute approximate surface area is 165 Å². The molecular weight excluding hydrogens is 352 g/mol. The second-order valence-electron chi connectivity index (χ2n) is 7.32. The zero-order valence-corrected chi connectivity index (χ0v) is 16.2. The van der Waals surface area contributed by atoms with Crippen molar-refractivity contribution in [2.24, 2.45) is 5.92 Å². The van der Waals surface area contributed by atoms with E-state index in [1.165, 1.54) is 0 Å². The normalized spacial score (nSPS) is 16.5. The quantitative estimate of drug-likeness (QED) is 0.777. The fourth-order valence-corrected chi connectivity index (χ4v) is 3.45. The predicted molar refractivity (Wildman–Crippen MR) is 109 cm³/mol. The second-order valence-corrected chi connectivity index (χ2v) is 7.32. The van der Waals surface area contributed by atoms with E-state index in [2.05, 4.69) is 5.32 Å².